The maximum Gasteiger partial charge on any atom is 0.224 e. The van der Waals surface area contributed by atoms with Gasteiger partial charge in [-0.2, -0.15) is 0 Å². The Kier molecular flexibility index (Phi) is 4.71. The van der Waals surface area contributed by atoms with Gasteiger partial charge in [0.05, 0.1) is 0 Å². The number of hydrogen-bond donors (Lipinski definition) is 1. The van der Waals surface area contributed by atoms with Crippen molar-refractivity contribution in [2.75, 3.05) is 24.3 Å². The molecule has 1 aromatic carbocycles. The number of aryl methyl sites for hydroxylation is 1. The average Bonchev–Trinajstić information content (AvgIpc) is 2.29. The van der Waals surface area contributed by atoms with Crippen LogP contribution in [0.2, 0.25) is 0 Å². The third-order valence-corrected chi connectivity index (χ3v) is 2.57. The van der Waals surface area contributed by atoms with E-state index in [4.69, 9.17) is 0 Å². The van der Waals surface area contributed by atoms with Crippen LogP contribution in [0, 0.1) is 6.92 Å². The first kappa shape index (κ1) is 14.0. The van der Waals surface area contributed by atoms with Crippen LogP contribution in [-0.4, -0.2) is 26.0 Å². The number of amides is 1. The zero-order chi connectivity index (χ0) is 13.7. The fourth-order valence-electron chi connectivity index (χ4n) is 1.45. The molecule has 0 aromatic heterocycles. The third kappa shape index (κ3) is 4.08. The zero-order valence-corrected chi connectivity index (χ0v) is 10.8. The zero-order valence-electron chi connectivity index (χ0n) is 10.8. The van der Waals surface area contributed by atoms with E-state index in [1.807, 2.05) is 44.1 Å². The number of rotatable bonds is 5. The molecule has 0 fully saturated rings. The summed E-state index contributed by atoms with van der Waals surface area (Å²) in [4.78, 5) is 23.7. The number of carboxylic acids is 1. The second-order valence-electron chi connectivity index (χ2n) is 4.31. The molecular formula is C13H17N2O3-. The van der Waals surface area contributed by atoms with E-state index in [9.17, 15) is 14.7 Å². The molecule has 0 aliphatic rings. The summed E-state index contributed by atoms with van der Waals surface area (Å²) in [7, 11) is 3.82. The summed E-state index contributed by atoms with van der Waals surface area (Å²) in [6.45, 7) is 1.88. The Morgan fingerprint density at radius 2 is 1.94 bits per heavy atom. The molecule has 0 unspecified atom stereocenters. The lowest BCUT2D eigenvalue weighted by Gasteiger charge is -2.16. The van der Waals surface area contributed by atoms with Gasteiger partial charge in [0, 0.05) is 37.9 Å². The fraction of sp³-hybridized carbons (Fsp3) is 0.385. The second-order valence-corrected chi connectivity index (χ2v) is 4.31. The smallest absolute Gasteiger partial charge is 0.224 e. The number of carbonyl (C=O) groups is 2. The maximum absolute atomic E-state index is 11.5. The molecule has 0 bridgehead atoms. The van der Waals surface area contributed by atoms with Gasteiger partial charge in [-0.25, -0.2) is 0 Å². The minimum atomic E-state index is -1.22. The van der Waals surface area contributed by atoms with Gasteiger partial charge in [0.2, 0.25) is 5.91 Å². The normalized spacial score (nSPS) is 9.94. The minimum Gasteiger partial charge on any atom is -0.550 e. The quantitative estimate of drug-likeness (QED) is 0.826. The molecule has 98 valence electrons. The van der Waals surface area contributed by atoms with Crippen LogP contribution in [0.25, 0.3) is 0 Å². The molecule has 1 aromatic rings. The first-order valence-corrected chi connectivity index (χ1v) is 5.68. The highest BCUT2D eigenvalue weighted by molar-refractivity contribution is 5.93. The molecule has 0 heterocycles. The summed E-state index contributed by atoms with van der Waals surface area (Å²) in [6.07, 6.45) is -0.341. The molecule has 0 aliphatic heterocycles. The van der Waals surface area contributed by atoms with Gasteiger partial charge < -0.3 is 20.1 Å². The predicted octanol–water partition coefficient (Wildman–Crippen LogP) is 0.530. The summed E-state index contributed by atoms with van der Waals surface area (Å²) < 4.78 is 0. The Morgan fingerprint density at radius 3 is 2.50 bits per heavy atom. The molecule has 0 atom stereocenters. The minimum absolute atomic E-state index is 0.0754. The molecule has 0 saturated heterocycles. The van der Waals surface area contributed by atoms with Crippen LogP contribution in [0.15, 0.2) is 18.2 Å². The summed E-state index contributed by atoms with van der Waals surface area (Å²) in [5.41, 5.74) is 2.60. The summed E-state index contributed by atoms with van der Waals surface area (Å²) in [5, 5.41) is 13.0. The van der Waals surface area contributed by atoms with Crippen LogP contribution in [0.5, 0.6) is 0 Å². The standard InChI is InChI=1S/C13H18N2O3/c1-9-4-5-10(15(2)3)8-11(9)14-12(16)6-7-13(17)18/h4-5,8H,6-7H2,1-3H3,(H,14,16)(H,17,18)/p-1. The number of nitrogens with one attached hydrogen (secondary N) is 1. The van der Waals surface area contributed by atoms with Crippen LogP contribution in [0.3, 0.4) is 0 Å². The second kappa shape index (κ2) is 6.05. The maximum atomic E-state index is 11.5. The highest BCUT2D eigenvalue weighted by Crippen LogP contribution is 2.22. The van der Waals surface area contributed by atoms with Crippen molar-refractivity contribution in [2.24, 2.45) is 0 Å². The number of hydrogen-bond acceptors (Lipinski definition) is 4. The van der Waals surface area contributed by atoms with E-state index < -0.39 is 5.97 Å². The van der Waals surface area contributed by atoms with Crippen molar-refractivity contribution in [2.45, 2.75) is 19.8 Å². The first-order chi connectivity index (χ1) is 8.40. The summed E-state index contributed by atoms with van der Waals surface area (Å²) in [5.74, 6) is -1.54. The Labute approximate surface area is 106 Å². The lowest BCUT2D eigenvalue weighted by molar-refractivity contribution is -0.305. The van der Waals surface area contributed by atoms with E-state index >= 15 is 0 Å². The van der Waals surface area contributed by atoms with Gasteiger partial charge in [-0.15, -0.1) is 0 Å². The average molecular weight is 249 g/mol. The monoisotopic (exact) mass is 249 g/mol. The van der Waals surface area contributed by atoms with Gasteiger partial charge in [-0.05, 0) is 31.0 Å². The summed E-state index contributed by atoms with van der Waals surface area (Å²) >= 11 is 0. The van der Waals surface area contributed by atoms with E-state index in [1.54, 1.807) is 0 Å². The molecule has 18 heavy (non-hydrogen) atoms. The van der Waals surface area contributed by atoms with Crippen LogP contribution in [0.4, 0.5) is 11.4 Å². The van der Waals surface area contributed by atoms with Crippen LogP contribution >= 0.6 is 0 Å². The molecule has 5 nitrogen and oxygen atoms in total. The molecule has 1 rings (SSSR count). The van der Waals surface area contributed by atoms with Gasteiger partial charge in [0.1, 0.15) is 0 Å². The van der Waals surface area contributed by atoms with E-state index in [1.165, 1.54) is 0 Å². The molecule has 0 aliphatic carbocycles. The van der Waals surface area contributed by atoms with Crippen molar-refractivity contribution in [3.05, 3.63) is 23.8 Å². The van der Waals surface area contributed by atoms with Crippen molar-refractivity contribution >= 4 is 23.3 Å². The highest BCUT2D eigenvalue weighted by atomic mass is 16.4. The lowest BCUT2D eigenvalue weighted by atomic mass is 10.1. The number of benzene rings is 1. The Balaban J connectivity index is 2.74. The number of nitrogens with zero attached hydrogens (tertiary/aromatic N) is 1. The van der Waals surface area contributed by atoms with Crippen molar-refractivity contribution in [3.63, 3.8) is 0 Å². The number of aliphatic carboxylic acids is 1. The summed E-state index contributed by atoms with van der Waals surface area (Å²) in [6, 6.07) is 5.71. The molecule has 1 N–H and O–H groups in total. The number of anilines is 2. The molecule has 0 saturated carbocycles. The highest BCUT2D eigenvalue weighted by Gasteiger charge is 2.06. The van der Waals surface area contributed by atoms with E-state index in [0.717, 1.165) is 11.3 Å². The van der Waals surface area contributed by atoms with Crippen LogP contribution in [-0.2, 0) is 9.59 Å². The SMILES string of the molecule is Cc1ccc(N(C)C)cc1NC(=O)CCC(=O)[O-]. The first-order valence-electron chi connectivity index (χ1n) is 5.68. The topological polar surface area (TPSA) is 72.5 Å². The Bertz CT molecular complexity index is 456. The van der Waals surface area contributed by atoms with Gasteiger partial charge >= 0.3 is 0 Å². The van der Waals surface area contributed by atoms with Gasteiger partial charge in [0.25, 0.3) is 0 Å². The van der Waals surface area contributed by atoms with Crippen molar-refractivity contribution < 1.29 is 14.7 Å². The Morgan fingerprint density at radius 1 is 1.28 bits per heavy atom. The van der Waals surface area contributed by atoms with Crippen molar-refractivity contribution in [1.29, 1.82) is 0 Å². The van der Waals surface area contributed by atoms with Gasteiger partial charge in [-0.1, -0.05) is 6.07 Å². The lowest BCUT2D eigenvalue weighted by Crippen LogP contribution is -2.24. The molecule has 5 heteroatoms. The van der Waals surface area contributed by atoms with Gasteiger partial charge in [0.15, 0.2) is 0 Å². The van der Waals surface area contributed by atoms with E-state index in [-0.39, 0.29) is 18.7 Å². The van der Waals surface area contributed by atoms with Crippen LogP contribution in [0.1, 0.15) is 18.4 Å². The van der Waals surface area contributed by atoms with Crippen molar-refractivity contribution in [3.8, 4) is 0 Å². The Hall–Kier alpha value is -2.04. The number of carboxylic acid groups (broad SMARTS) is 1. The molecule has 1 amide bonds. The molecule has 0 radical (unpaired) electrons. The fourth-order valence-corrected chi connectivity index (χ4v) is 1.45. The number of carbonyl (C=O) groups excluding carboxylic acids is 2. The van der Waals surface area contributed by atoms with E-state index in [2.05, 4.69) is 5.32 Å². The van der Waals surface area contributed by atoms with Gasteiger partial charge in [-0.3, -0.25) is 4.79 Å². The van der Waals surface area contributed by atoms with Crippen LogP contribution < -0.4 is 15.3 Å². The van der Waals surface area contributed by atoms with Crippen molar-refractivity contribution in [1.82, 2.24) is 0 Å². The largest absolute Gasteiger partial charge is 0.550 e. The predicted molar refractivity (Wildman–Crippen MR) is 68.4 cm³/mol. The van der Waals surface area contributed by atoms with E-state index in [0.29, 0.717) is 5.69 Å². The molecule has 0 spiro atoms. The third-order valence-electron chi connectivity index (χ3n) is 2.57. The molecular weight excluding hydrogens is 232 g/mol.